The predicted octanol–water partition coefficient (Wildman–Crippen LogP) is 1.94. The van der Waals surface area contributed by atoms with Crippen molar-refractivity contribution in [1.82, 2.24) is 15.2 Å². The summed E-state index contributed by atoms with van der Waals surface area (Å²) in [5, 5.41) is 4.16. The van der Waals surface area contributed by atoms with Crippen molar-refractivity contribution in [3.05, 3.63) is 46.2 Å². The van der Waals surface area contributed by atoms with Crippen LogP contribution in [0.4, 0.5) is 0 Å². The fraction of sp³-hybridized carbons (Fsp3) is 0.308. The van der Waals surface area contributed by atoms with Crippen LogP contribution in [0.1, 0.15) is 17.2 Å². The highest BCUT2D eigenvalue weighted by Crippen LogP contribution is 2.28. The zero-order chi connectivity index (χ0) is 13.8. The first-order chi connectivity index (χ1) is 9.13. The topological polar surface area (TPSA) is 65.1 Å². The van der Waals surface area contributed by atoms with E-state index in [9.17, 15) is 0 Å². The molecule has 1 aromatic heterocycles. The second-order valence-corrected chi connectivity index (χ2v) is 5.19. The number of hydrazine groups is 1. The molecule has 0 radical (unpaired) electrons. The molecule has 0 aliphatic rings. The fourth-order valence-electron chi connectivity index (χ4n) is 1.99. The Morgan fingerprint density at radius 2 is 2.32 bits per heavy atom. The van der Waals surface area contributed by atoms with Crippen LogP contribution in [0.15, 0.2) is 35.1 Å². The maximum atomic E-state index is 5.66. The minimum Gasteiger partial charge on any atom is -0.496 e. The number of ether oxygens (including phenoxy) is 1. The highest BCUT2D eigenvalue weighted by molar-refractivity contribution is 9.10. The molecule has 2 aromatic rings. The second kappa shape index (κ2) is 6.18. The SMILES string of the molecule is COc1ccc(C(Cc2cnn(C)c2)NN)cc1Br. The van der Waals surface area contributed by atoms with E-state index < -0.39 is 0 Å². The van der Waals surface area contributed by atoms with Gasteiger partial charge in [0.25, 0.3) is 0 Å². The van der Waals surface area contributed by atoms with E-state index >= 15 is 0 Å². The second-order valence-electron chi connectivity index (χ2n) is 4.34. The number of nitrogens with one attached hydrogen (secondary N) is 1. The maximum Gasteiger partial charge on any atom is 0.133 e. The van der Waals surface area contributed by atoms with Crippen molar-refractivity contribution >= 4 is 15.9 Å². The molecule has 0 saturated carbocycles. The van der Waals surface area contributed by atoms with Crippen molar-refractivity contribution < 1.29 is 4.74 Å². The Balaban J connectivity index is 2.19. The van der Waals surface area contributed by atoms with Crippen LogP contribution in [0.2, 0.25) is 0 Å². The van der Waals surface area contributed by atoms with Crippen LogP contribution in [0.3, 0.4) is 0 Å². The highest BCUT2D eigenvalue weighted by atomic mass is 79.9. The van der Waals surface area contributed by atoms with Crippen LogP contribution >= 0.6 is 15.9 Å². The Morgan fingerprint density at radius 1 is 1.53 bits per heavy atom. The van der Waals surface area contributed by atoms with Crippen molar-refractivity contribution in [2.45, 2.75) is 12.5 Å². The average Bonchev–Trinajstić information content (AvgIpc) is 2.81. The lowest BCUT2D eigenvalue weighted by molar-refractivity contribution is 0.411. The largest absolute Gasteiger partial charge is 0.496 e. The molecule has 1 atom stereocenters. The number of methoxy groups -OCH3 is 1. The lowest BCUT2D eigenvalue weighted by atomic mass is 10.0. The number of hydrogen-bond donors (Lipinski definition) is 2. The third kappa shape index (κ3) is 3.34. The lowest BCUT2D eigenvalue weighted by Gasteiger charge is -2.16. The molecule has 102 valence electrons. The molecule has 0 aliphatic carbocycles. The average molecular weight is 325 g/mol. The van der Waals surface area contributed by atoms with Gasteiger partial charge in [0.2, 0.25) is 0 Å². The van der Waals surface area contributed by atoms with E-state index in [1.54, 1.807) is 11.8 Å². The normalized spacial score (nSPS) is 12.4. The fourth-order valence-corrected chi connectivity index (χ4v) is 2.54. The van der Waals surface area contributed by atoms with Gasteiger partial charge in [-0.15, -0.1) is 0 Å². The molecule has 19 heavy (non-hydrogen) atoms. The molecule has 2 rings (SSSR count). The van der Waals surface area contributed by atoms with Gasteiger partial charge >= 0.3 is 0 Å². The number of hydrogen-bond acceptors (Lipinski definition) is 4. The zero-order valence-electron chi connectivity index (χ0n) is 10.9. The van der Waals surface area contributed by atoms with Crippen molar-refractivity contribution in [3.63, 3.8) is 0 Å². The summed E-state index contributed by atoms with van der Waals surface area (Å²) in [4.78, 5) is 0. The van der Waals surface area contributed by atoms with Crippen molar-refractivity contribution in [1.29, 1.82) is 0 Å². The first-order valence-corrected chi connectivity index (χ1v) is 6.70. The molecule has 0 spiro atoms. The summed E-state index contributed by atoms with van der Waals surface area (Å²) in [5.74, 6) is 6.46. The lowest BCUT2D eigenvalue weighted by Crippen LogP contribution is -2.29. The molecule has 1 heterocycles. The molecular formula is C13H17BrN4O. The monoisotopic (exact) mass is 324 g/mol. The van der Waals surface area contributed by atoms with E-state index in [0.29, 0.717) is 0 Å². The van der Waals surface area contributed by atoms with E-state index in [1.807, 2.05) is 37.6 Å². The van der Waals surface area contributed by atoms with E-state index in [0.717, 1.165) is 27.8 Å². The molecule has 0 aliphatic heterocycles. The number of rotatable bonds is 5. The molecular weight excluding hydrogens is 308 g/mol. The molecule has 5 nitrogen and oxygen atoms in total. The quantitative estimate of drug-likeness (QED) is 0.651. The number of nitrogens with zero attached hydrogens (tertiary/aromatic N) is 2. The Morgan fingerprint density at radius 3 is 2.84 bits per heavy atom. The van der Waals surface area contributed by atoms with Crippen molar-refractivity contribution in [2.24, 2.45) is 12.9 Å². The maximum absolute atomic E-state index is 5.66. The Kier molecular flexibility index (Phi) is 4.57. The van der Waals surface area contributed by atoms with Gasteiger partial charge in [0.15, 0.2) is 0 Å². The third-order valence-electron chi connectivity index (χ3n) is 2.98. The van der Waals surface area contributed by atoms with Crippen LogP contribution in [-0.2, 0) is 13.5 Å². The number of nitrogens with two attached hydrogens (primary N) is 1. The molecule has 0 bridgehead atoms. The summed E-state index contributed by atoms with van der Waals surface area (Å²) in [6, 6.07) is 5.98. The number of aromatic nitrogens is 2. The zero-order valence-corrected chi connectivity index (χ0v) is 12.5. The summed E-state index contributed by atoms with van der Waals surface area (Å²) in [6.45, 7) is 0. The predicted molar refractivity (Wildman–Crippen MR) is 77.7 cm³/mol. The highest BCUT2D eigenvalue weighted by Gasteiger charge is 2.13. The summed E-state index contributed by atoms with van der Waals surface area (Å²) in [7, 11) is 3.55. The molecule has 0 fully saturated rings. The van der Waals surface area contributed by atoms with Gasteiger partial charge in [0.1, 0.15) is 5.75 Å². The van der Waals surface area contributed by atoms with Gasteiger partial charge in [-0.3, -0.25) is 16.0 Å². The van der Waals surface area contributed by atoms with Crippen LogP contribution in [0.5, 0.6) is 5.75 Å². The molecule has 1 unspecified atom stereocenters. The van der Waals surface area contributed by atoms with Gasteiger partial charge in [-0.2, -0.15) is 5.10 Å². The third-order valence-corrected chi connectivity index (χ3v) is 3.60. The number of aryl methyl sites for hydroxylation is 1. The Labute approximate surface area is 120 Å². The van der Waals surface area contributed by atoms with Gasteiger partial charge in [-0.05, 0) is 45.6 Å². The summed E-state index contributed by atoms with van der Waals surface area (Å²) < 4.78 is 7.92. The molecule has 3 N–H and O–H groups in total. The van der Waals surface area contributed by atoms with E-state index in [1.165, 1.54) is 0 Å². The van der Waals surface area contributed by atoms with Gasteiger partial charge in [-0.25, -0.2) is 0 Å². The number of benzene rings is 1. The van der Waals surface area contributed by atoms with Crippen molar-refractivity contribution in [2.75, 3.05) is 7.11 Å². The Hall–Kier alpha value is -1.37. The summed E-state index contributed by atoms with van der Waals surface area (Å²) in [6.07, 6.45) is 4.62. The van der Waals surface area contributed by atoms with E-state index in [2.05, 4.69) is 26.5 Å². The molecule has 0 amide bonds. The number of halogens is 1. The van der Waals surface area contributed by atoms with Gasteiger partial charge < -0.3 is 4.74 Å². The van der Waals surface area contributed by atoms with Gasteiger partial charge in [-0.1, -0.05) is 6.07 Å². The molecule has 6 heteroatoms. The minimum atomic E-state index is 0.0337. The van der Waals surface area contributed by atoms with Crippen LogP contribution in [-0.4, -0.2) is 16.9 Å². The minimum absolute atomic E-state index is 0.0337. The van der Waals surface area contributed by atoms with E-state index in [-0.39, 0.29) is 6.04 Å². The van der Waals surface area contributed by atoms with Crippen LogP contribution < -0.4 is 16.0 Å². The van der Waals surface area contributed by atoms with Crippen LogP contribution in [0.25, 0.3) is 0 Å². The van der Waals surface area contributed by atoms with Gasteiger partial charge in [0.05, 0.1) is 23.8 Å². The van der Waals surface area contributed by atoms with E-state index in [4.69, 9.17) is 10.6 Å². The molecule has 1 aromatic carbocycles. The first kappa shape index (κ1) is 14.0. The van der Waals surface area contributed by atoms with Crippen molar-refractivity contribution in [3.8, 4) is 5.75 Å². The van der Waals surface area contributed by atoms with Gasteiger partial charge in [0, 0.05) is 13.2 Å². The summed E-state index contributed by atoms with van der Waals surface area (Å²) in [5.41, 5.74) is 5.07. The molecule has 0 saturated heterocycles. The smallest absolute Gasteiger partial charge is 0.133 e. The Bertz CT molecular complexity index is 555. The van der Waals surface area contributed by atoms with Crippen LogP contribution in [0, 0.1) is 0 Å². The summed E-state index contributed by atoms with van der Waals surface area (Å²) >= 11 is 3.48. The first-order valence-electron chi connectivity index (χ1n) is 5.91. The standard InChI is InChI=1S/C13H17BrN4O/c1-18-8-9(7-16-18)5-12(17-15)10-3-4-13(19-2)11(14)6-10/h3-4,6-8,12,17H,5,15H2,1-2H3.